The van der Waals surface area contributed by atoms with Crippen LogP contribution in [0.15, 0.2) is 102 Å². The zero-order valence-electron chi connectivity index (χ0n) is 29.2. The number of ether oxygens (including phenoxy) is 1. The third-order valence-electron chi connectivity index (χ3n) is 8.78. The van der Waals surface area contributed by atoms with Gasteiger partial charge in [-0.15, -0.1) is 23.1 Å². The number of aromatic nitrogens is 1. The molecule has 3 atom stereocenters. The highest BCUT2D eigenvalue weighted by Crippen LogP contribution is 2.43. The molecule has 4 aromatic rings. The Morgan fingerprint density at radius 1 is 0.981 bits per heavy atom. The van der Waals surface area contributed by atoms with E-state index in [0.717, 1.165) is 16.7 Å². The standard InChI is InChI=1S/C38H38IN5O7S2/c1-36(2,3)51-28(45)19-50-43-29(31(46)41-30-32(47)44-22-37(21-39,34(48)49)23-53-33(30)44)27-20-52-35(40-27)42-38(24-13-7-4-8-14-24,25-15-9-5-10-16-25)26-17-11-6-12-18-26/h4-18,20,30,33H,19,21-23H2,1-3H3,(H,40,42)(H,41,46)(H,48,49)/t30?,33-,37?/m1/s1. The van der Waals surface area contributed by atoms with Crippen LogP contribution in [0, 0.1) is 5.41 Å². The molecule has 15 heteroatoms. The Morgan fingerprint density at radius 2 is 1.55 bits per heavy atom. The molecule has 2 fully saturated rings. The van der Waals surface area contributed by atoms with Crippen LogP contribution in [-0.4, -0.2) is 84.8 Å². The van der Waals surface area contributed by atoms with Gasteiger partial charge in [0.1, 0.15) is 33.7 Å². The van der Waals surface area contributed by atoms with E-state index in [1.165, 1.54) is 28.0 Å². The summed E-state index contributed by atoms with van der Waals surface area (Å²) in [6.45, 7) is 4.66. The molecule has 2 unspecified atom stereocenters. The topological polar surface area (TPSA) is 160 Å². The lowest BCUT2D eigenvalue weighted by Gasteiger charge is -2.53. The molecule has 2 amide bonds. The van der Waals surface area contributed by atoms with Crippen LogP contribution >= 0.6 is 45.7 Å². The number of carbonyl (C=O) groups excluding carboxylic acids is 3. The maximum atomic E-state index is 14.0. The van der Waals surface area contributed by atoms with Crippen LogP contribution in [0.4, 0.5) is 5.13 Å². The molecule has 12 nitrogen and oxygen atoms in total. The average Bonchev–Trinajstić information content (AvgIpc) is 3.62. The van der Waals surface area contributed by atoms with Crippen molar-refractivity contribution in [3.05, 3.63) is 119 Å². The van der Waals surface area contributed by atoms with Crippen LogP contribution < -0.4 is 10.6 Å². The summed E-state index contributed by atoms with van der Waals surface area (Å²) >= 11 is 4.60. The third-order valence-corrected chi connectivity index (χ3v) is 12.6. The summed E-state index contributed by atoms with van der Waals surface area (Å²) in [5.41, 5.74) is 0.0457. The minimum atomic E-state index is -1.06. The Morgan fingerprint density at radius 3 is 2.06 bits per heavy atom. The molecule has 3 N–H and O–H groups in total. The molecule has 0 saturated carbocycles. The molecule has 2 aliphatic rings. The maximum Gasteiger partial charge on any atom is 0.347 e. The molecule has 0 bridgehead atoms. The number of carbonyl (C=O) groups is 4. The molecule has 2 saturated heterocycles. The van der Waals surface area contributed by atoms with Gasteiger partial charge in [-0.25, -0.2) is 9.78 Å². The number of rotatable bonds is 13. The fourth-order valence-electron chi connectivity index (χ4n) is 6.21. The number of halogens is 1. The Bertz CT molecular complexity index is 1900. The largest absolute Gasteiger partial charge is 0.481 e. The number of thiazole rings is 1. The molecular weight excluding hydrogens is 829 g/mol. The van der Waals surface area contributed by atoms with Gasteiger partial charge in [0.15, 0.2) is 10.8 Å². The van der Waals surface area contributed by atoms with Gasteiger partial charge < -0.3 is 30.2 Å². The number of oxime groups is 1. The smallest absolute Gasteiger partial charge is 0.347 e. The maximum absolute atomic E-state index is 14.0. The number of amides is 2. The van der Waals surface area contributed by atoms with Crippen LogP contribution in [0.1, 0.15) is 43.2 Å². The highest BCUT2D eigenvalue weighted by molar-refractivity contribution is 14.1. The van der Waals surface area contributed by atoms with Crippen molar-refractivity contribution in [2.45, 2.75) is 43.3 Å². The van der Waals surface area contributed by atoms with Crippen molar-refractivity contribution >= 4 is 80.3 Å². The normalized spacial score (nSPS) is 20.1. The van der Waals surface area contributed by atoms with E-state index in [0.29, 0.717) is 15.3 Å². The Hall–Kier alpha value is -4.48. The Balaban J connectivity index is 1.31. The molecule has 0 aliphatic carbocycles. The molecule has 276 valence electrons. The van der Waals surface area contributed by atoms with Crippen LogP contribution in [0.3, 0.4) is 0 Å². The first-order chi connectivity index (χ1) is 25.4. The Labute approximate surface area is 328 Å². The van der Waals surface area contributed by atoms with Gasteiger partial charge in [-0.1, -0.05) is 119 Å². The second-order valence-corrected chi connectivity index (χ2v) is 16.4. The number of nitrogens with one attached hydrogen (secondary N) is 2. The predicted molar refractivity (Wildman–Crippen MR) is 212 cm³/mol. The zero-order valence-corrected chi connectivity index (χ0v) is 32.9. The summed E-state index contributed by atoms with van der Waals surface area (Å²) < 4.78 is 5.67. The van der Waals surface area contributed by atoms with Gasteiger partial charge in [0.2, 0.25) is 12.5 Å². The van der Waals surface area contributed by atoms with E-state index >= 15 is 0 Å². The van der Waals surface area contributed by atoms with E-state index < -0.39 is 52.4 Å². The number of anilines is 1. The highest BCUT2D eigenvalue weighted by Gasteiger charge is 2.57. The van der Waals surface area contributed by atoms with Crippen molar-refractivity contribution in [3.8, 4) is 0 Å². The highest BCUT2D eigenvalue weighted by atomic mass is 127. The number of aliphatic carboxylic acids is 1. The van der Waals surface area contributed by atoms with Crippen LogP contribution in [0.5, 0.6) is 0 Å². The summed E-state index contributed by atoms with van der Waals surface area (Å²) in [6.07, 6.45) is 0. The number of hydrogen-bond acceptors (Lipinski definition) is 11. The summed E-state index contributed by atoms with van der Waals surface area (Å²) in [6, 6.07) is 29.0. The van der Waals surface area contributed by atoms with Gasteiger partial charge in [0.25, 0.3) is 5.91 Å². The van der Waals surface area contributed by atoms with Crippen LogP contribution in [0.2, 0.25) is 0 Å². The third kappa shape index (κ3) is 8.06. The number of fused-ring (bicyclic) bond motifs is 1. The molecule has 6 rings (SSSR count). The van der Waals surface area contributed by atoms with Crippen molar-refractivity contribution in [2.75, 3.05) is 28.6 Å². The van der Waals surface area contributed by atoms with Crippen molar-refractivity contribution in [1.29, 1.82) is 0 Å². The van der Waals surface area contributed by atoms with E-state index in [9.17, 15) is 24.3 Å². The van der Waals surface area contributed by atoms with Gasteiger partial charge in [-0.3, -0.25) is 14.4 Å². The van der Waals surface area contributed by atoms with Gasteiger partial charge >= 0.3 is 11.9 Å². The molecule has 3 aromatic carbocycles. The van der Waals surface area contributed by atoms with Gasteiger partial charge in [0.05, 0.1) is 0 Å². The summed E-state index contributed by atoms with van der Waals surface area (Å²) in [5.74, 6) is -2.48. The molecule has 0 spiro atoms. The van der Waals surface area contributed by atoms with Crippen LogP contribution in [0.25, 0.3) is 0 Å². The predicted octanol–water partition coefficient (Wildman–Crippen LogP) is 5.52. The van der Waals surface area contributed by atoms with Gasteiger partial charge in [-0.2, -0.15) is 0 Å². The first kappa shape index (κ1) is 38.3. The minimum Gasteiger partial charge on any atom is -0.481 e. The number of carboxylic acids is 1. The van der Waals surface area contributed by atoms with Crippen molar-refractivity contribution < 1.29 is 33.9 Å². The number of alkyl halides is 1. The molecule has 3 heterocycles. The molecular formula is C38H38IN5O7S2. The van der Waals surface area contributed by atoms with Gasteiger partial charge in [-0.05, 0) is 37.5 Å². The minimum absolute atomic E-state index is 0.0567. The first-order valence-electron chi connectivity index (χ1n) is 16.7. The molecule has 2 aliphatic heterocycles. The van der Waals surface area contributed by atoms with Crippen LogP contribution in [-0.2, 0) is 34.3 Å². The summed E-state index contributed by atoms with van der Waals surface area (Å²) in [4.78, 5) is 63.4. The second-order valence-electron chi connectivity index (χ2n) is 13.6. The van der Waals surface area contributed by atoms with Crippen molar-refractivity contribution in [2.24, 2.45) is 10.6 Å². The molecule has 0 radical (unpaired) electrons. The molecule has 1 aromatic heterocycles. The monoisotopic (exact) mass is 867 g/mol. The second kappa shape index (κ2) is 15.9. The lowest BCUT2D eigenvalue weighted by atomic mass is 9.77. The average molecular weight is 868 g/mol. The number of hydrogen-bond donors (Lipinski definition) is 3. The number of esters is 1. The van der Waals surface area contributed by atoms with E-state index in [2.05, 4.69) is 15.8 Å². The number of β-lactam (4-membered cyclic amide) rings is 1. The number of nitrogens with zero attached hydrogens (tertiary/aromatic N) is 3. The fraction of sp³-hybridized carbons (Fsp3) is 0.316. The lowest BCUT2D eigenvalue weighted by molar-refractivity contribution is -0.160. The summed E-state index contributed by atoms with van der Waals surface area (Å²) in [7, 11) is 0. The van der Waals surface area contributed by atoms with E-state index in [1.54, 1.807) is 26.2 Å². The lowest BCUT2D eigenvalue weighted by Crippen LogP contribution is -2.74. The number of carboxylic acid groups (broad SMARTS) is 1. The van der Waals surface area contributed by atoms with Crippen molar-refractivity contribution in [1.82, 2.24) is 15.2 Å². The molecule has 53 heavy (non-hydrogen) atoms. The number of benzene rings is 3. The van der Waals surface area contributed by atoms with E-state index in [1.807, 2.05) is 114 Å². The number of thioether (sulfide) groups is 1. The zero-order chi connectivity index (χ0) is 37.8. The SMILES string of the molecule is CC(C)(C)OC(=O)CON=C(C(=O)NC1C(=O)N2CC(CI)(C(=O)O)CS[C@H]12)c1csc(NC(c2ccccc2)(c2ccccc2)c2ccccc2)n1. The quantitative estimate of drug-likeness (QED) is 0.0298. The first-order valence-corrected chi connectivity index (χ1v) is 20.2. The fourth-order valence-corrected chi connectivity index (χ4v) is 9.71. The van der Waals surface area contributed by atoms with Crippen molar-refractivity contribution in [3.63, 3.8) is 0 Å². The van der Waals surface area contributed by atoms with E-state index in [-0.39, 0.29) is 23.9 Å². The van der Waals surface area contributed by atoms with E-state index in [4.69, 9.17) is 14.6 Å². The Kier molecular flexibility index (Phi) is 11.4. The summed E-state index contributed by atoms with van der Waals surface area (Å²) in [5, 5.41) is 22.0. The van der Waals surface area contributed by atoms with Gasteiger partial charge in [0, 0.05) is 22.1 Å².